The monoisotopic (exact) mass is 418 g/mol. The fourth-order valence-corrected chi connectivity index (χ4v) is 6.93. The number of rotatable bonds is 7. The highest BCUT2D eigenvalue weighted by Gasteiger charge is 2.25. The molecule has 0 radical (unpaired) electrons. The smallest absolute Gasteiger partial charge is 0.220 e. The second-order valence-corrected chi connectivity index (χ2v) is 9.59. The number of thiazole rings is 1. The maximum atomic E-state index is 13.4. The maximum absolute atomic E-state index is 13.4. The van der Waals surface area contributed by atoms with Gasteiger partial charge in [-0.05, 0) is 43.4 Å². The molecular formula is C20H22N2O2S3. The number of hydrogen-bond acceptors (Lipinski definition) is 5. The van der Waals surface area contributed by atoms with Gasteiger partial charge in [0.05, 0.1) is 10.6 Å². The summed E-state index contributed by atoms with van der Waals surface area (Å²) in [6.07, 6.45) is 4.85. The van der Waals surface area contributed by atoms with Crippen LogP contribution < -0.4 is 4.80 Å². The van der Waals surface area contributed by atoms with Crippen LogP contribution in [0.5, 0.6) is 0 Å². The Morgan fingerprint density at radius 3 is 2.26 bits per heavy atom. The molecule has 3 rings (SSSR count). The molecule has 1 aromatic heterocycles. The van der Waals surface area contributed by atoms with E-state index in [-0.39, 0.29) is 4.90 Å². The first-order valence-electron chi connectivity index (χ1n) is 8.77. The second kappa shape index (κ2) is 8.91. The normalized spacial score (nSPS) is 12.4. The van der Waals surface area contributed by atoms with Gasteiger partial charge in [-0.2, -0.15) is 0 Å². The molecule has 0 fully saturated rings. The summed E-state index contributed by atoms with van der Waals surface area (Å²) < 4.78 is 28.2. The molecule has 142 valence electrons. The fraction of sp³-hybridized carbons (Fsp3) is 0.250. The molecule has 4 nitrogen and oxygen atoms in total. The minimum Gasteiger partial charge on any atom is -0.220 e. The summed E-state index contributed by atoms with van der Waals surface area (Å²) in [5.74, 6) is 0. The molecule has 0 atom stereocenters. The highest BCUT2D eigenvalue weighted by Crippen LogP contribution is 2.28. The van der Waals surface area contributed by atoms with Crippen LogP contribution in [-0.4, -0.2) is 18.6 Å². The Kier molecular flexibility index (Phi) is 6.57. The van der Waals surface area contributed by atoms with Gasteiger partial charge < -0.3 is 0 Å². The minimum atomic E-state index is -3.72. The number of aryl methyl sites for hydroxylation is 1. The Bertz CT molecular complexity index is 1050. The van der Waals surface area contributed by atoms with Gasteiger partial charge >= 0.3 is 0 Å². The van der Waals surface area contributed by atoms with E-state index in [2.05, 4.69) is 11.9 Å². The van der Waals surface area contributed by atoms with E-state index in [1.54, 1.807) is 24.3 Å². The lowest BCUT2D eigenvalue weighted by atomic mass is 10.2. The number of nitrogens with zero attached hydrogens (tertiary/aromatic N) is 2. The molecule has 3 aromatic rings. The molecule has 0 aliphatic rings. The Morgan fingerprint density at radius 1 is 1.04 bits per heavy atom. The summed E-state index contributed by atoms with van der Waals surface area (Å²) in [7, 11) is -3.72. The lowest BCUT2D eigenvalue weighted by Crippen LogP contribution is -2.24. The minimum absolute atomic E-state index is 0.273. The zero-order valence-electron chi connectivity index (χ0n) is 15.3. The molecule has 0 N–H and O–H groups in total. The van der Waals surface area contributed by atoms with E-state index in [1.807, 2.05) is 42.7 Å². The Balaban J connectivity index is 2.27. The molecule has 27 heavy (non-hydrogen) atoms. The van der Waals surface area contributed by atoms with Crippen molar-refractivity contribution in [2.45, 2.75) is 36.1 Å². The van der Waals surface area contributed by atoms with Crippen LogP contribution in [0.2, 0.25) is 0 Å². The molecule has 7 heteroatoms. The van der Waals surface area contributed by atoms with Crippen LogP contribution in [0.1, 0.15) is 24.6 Å². The second-order valence-electron chi connectivity index (χ2n) is 5.95. The van der Waals surface area contributed by atoms with Crippen LogP contribution in [0, 0.1) is 0 Å². The van der Waals surface area contributed by atoms with Gasteiger partial charge in [-0.3, -0.25) is 0 Å². The van der Waals surface area contributed by atoms with E-state index < -0.39 is 10.0 Å². The van der Waals surface area contributed by atoms with Gasteiger partial charge in [0.2, 0.25) is 4.80 Å². The lowest BCUT2D eigenvalue weighted by molar-refractivity contribution is 0.580. The Morgan fingerprint density at radius 2 is 1.67 bits per heavy atom. The quantitative estimate of drug-likeness (QED) is 0.503. The van der Waals surface area contributed by atoms with Gasteiger partial charge in [0.1, 0.15) is 5.03 Å². The predicted molar refractivity (Wildman–Crippen MR) is 113 cm³/mol. The topological polar surface area (TPSA) is 51.4 Å². The molecule has 2 aromatic carbocycles. The van der Waals surface area contributed by atoms with Gasteiger partial charge in [0, 0.05) is 4.88 Å². The number of para-hydroxylation sites is 1. The molecular weight excluding hydrogens is 396 g/mol. The average molecular weight is 419 g/mol. The largest absolute Gasteiger partial charge is 0.270 e. The standard InChI is InChI=1S/C20H22N2O2S3/c1-3-4-15-18-19(25-2)22(27(23,24)17-13-9-6-10-14-17)20(26-18)21-16-11-7-5-8-12-16/h5-14H,3-4,15H2,1-2H3. The summed E-state index contributed by atoms with van der Waals surface area (Å²) in [4.78, 5) is 6.49. The molecule has 0 aliphatic carbocycles. The van der Waals surface area contributed by atoms with E-state index in [4.69, 9.17) is 0 Å². The summed E-state index contributed by atoms with van der Waals surface area (Å²) in [6, 6.07) is 18.0. The van der Waals surface area contributed by atoms with Crippen molar-refractivity contribution in [3.05, 3.63) is 70.3 Å². The van der Waals surface area contributed by atoms with Crippen molar-refractivity contribution in [3.8, 4) is 0 Å². The molecule has 0 amide bonds. The third-order valence-corrected chi connectivity index (χ3v) is 8.00. The molecule has 0 aliphatic heterocycles. The zero-order chi connectivity index (χ0) is 19.3. The van der Waals surface area contributed by atoms with Gasteiger partial charge in [0.25, 0.3) is 10.0 Å². The summed E-state index contributed by atoms with van der Waals surface area (Å²) >= 11 is 2.92. The highest BCUT2D eigenvalue weighted by atomic mass is 32.2. The number of benzene rings is 2. The Labute approximate surface area is 168 Å². The van der Waals surface area contributed by atoms with E-state index >= 15 is 0 Å². The molecule has 0 saturated carbocycles. The maximum Gasteiger partial charge on any atom is 0.270 e. The van der Waals surface area contributed by atoms with Gasteiger partial charge in [-0.15, -0.1) is 11.8 Å². The van der Waals surface area contributed by atoms with Crippen LogP contribution in [0.3, 0.4) is 0 Å². The van der Waals surface area contributed by atoms with Crippen molar-refractivity contribution in [1.82, 2.24) is 3.97 Å². The van der Waals surface area contributed by atoms with Crippen LogP contribution in [0.15, 0.2) is 75.6 Å². The van der Waals surface area contributed by atoms with Crippen LogP contribution in [0.25, 0.3) is 0 Å². The fourth-order valence-electron chi connectivity index (χ4n) is 2.68. The van der Waals surface area contributed by atoms with E-state index in [9.17, 15) is 8.42 Å². The van der Waals surface area contributed by atoms with E-state index in [0.717, 1.165) is 34.9 Å². The van der Waals surface area contributed by atoms with Gasteiger partial charge in [-0.25, -0.2) is 17.4 Å². The Hall–Kier alpha value is -1.83. The van der Waals surface area contributed by atoms with Crippen molar-refractivity contribution >= 4 is 38.8 Å². The number of unbranched alkanes of at least 4 members (excludes halogenated alkanes) is 1. The molecule has 0 unspecified atom stereocenters. The summed E-state index contributed by atoms with van der Waals surface area (Å²) in [5.41, 5.74) is 0.741. The van der Waals surface area contributed by atoms with Crippen LogP contribution in [-0.2, 0) is 16.4 Å². The number of thioether (sulfide) groups is 1. The first-order chi connectivity index (χ1) is 13.1. The number of aromatic nitrogens is 1. The molecule has 0 bridgehead atoms. The molecule has 0 spiro atoms. The number of hydrogen-bond donors (Lipinski definition) is 0. The van der Waals surface area contributed by atoms with E-state index in [0.29, 0.717) is 4.80 Å². The van der Waals surface area contributed by atoms with Crippen molar-refractivity contribution in [1.29, 1.82) is 0 Å². The summed E-state index contributed by atoms with van der Waals surface area (Å²) in [5, 5.41) is 0.756. The van der Waals surface area contributed by atoms with Gasteiger partial charge in [-0.1, -0.05) is 61.1 Å². The lowest BCUT2D eigenvalue weighted by Gasteiger charge is -2.10. The zero-order valence-corrected chi connectivity index (χ0v) is 17.8. The van der Waals surface area contributed by atoms with Crippen molar-refractivity contribution in [2.24, 2.45) is 4.99 Å². The van der Waals surface area contributed by atoms with Gasteiger partial charge in [0.15, 0.2) is 0 Å². The van der Waals surface area contributed by atoms with Crippen molar-refractivity contribution in [3.63, 3.8) is 0 Å². The van der Waals surface area contributed by atoms with E-state index in [1.165, 1.54) is 27.1 Å². The third-order valence-electron chi connectivity index (χ3n) is 4.02. The first kappa shape index (κ1) is 19.9. The molecule has 1 heterocycles. The first-order valence-corrected chi connectivity index (χ1v) is 12.2. The van der Waals surface area contributed by atoms with Crippen molar-refractivity contribution in [2.75, 3.05) is 6.26 Å². The average Bonchev–Trinajstić information content (AvgIpc) is 3.05. The highest BCUT2D eigenvalue weighted by molar-refractivity contribution is 7.99. The van der Waals surface area contributed by atoms with Crippen LogP contribution in [0.4, 0.5) is 5.69 Å². The van der Waals surface area contributed by atoms with Crippen molar-refractivity contribution < 1.29 is 8.42 Å². The molecule has 0 saturated heterocycles. The SMILES string of the molecule is CCCCc1sc(=Nc2ccccc2)n(S(=O)(=O)c2ccccc2)c1SC. The predicted octanol–water partition coefficient (Wildman–Crippen LogP) is 5.08. The summed E-state index contributed by atoms with van der Waals surface area (Å²) in [6.45, 7) is 2.14. The van der Waals surface area contributed by atoms with Crippen LogP contribution >= 0.6 is 23.1 Å². The third kappa shape index (κ3) is 4.36.